The van der Waals surface area contributed by atoms with Crippen molar-refractivity contribution in [3.8, 4) is 6.07 Å². The van der Waals surface area contributed by atoms with Crippen LogP contribution in [-0.4, -0.2) is 10.8 Å². The van der Waals surface area contributed by atoms with Gasteiger partial charge in [-0.05, 0) is 36.2 Å². The predicted molar refractivity (Wildman–Crippen MR) is 97.5 cm³/mol. The number of rotatable bonds is 0. The fourth-order valence-electron chi connectivity index (χ4n) is 3.63. The van der Waals surface area contributed by atoms with Crippen molar-refractivity contribution in [1.82, 2.24) is 4.98 Å². The van der Waals surface area contributed by atoms with Gasteiger partial charge in [-0.3, -0.25) is 4.79 Å². The Morgan fingerprint density at radius 2 is 1.96 bits per heavy atom. The van der Waals surface area contributed by atoms with Crippen LogP contribution < -0.4 is 0 Å². The smallest absolute Gasteiger partial charge is 0.195 e. The van der Waals surface area contributed by atoms with Gasteiger partial charge in [0, 0.05) is 32.0 Å². The molecule has 0 atom stereocenters. The Kier molecular flexibility index (Phi) is 3.04. The van der Waals surface area contributed by atoms with Gasteiger partial charge >= 0.3 is 0 Å². The second-order valence-corrected chi connectivity index (χ2v) is 7.70. The minimum Gasteiger partial charge on any atom is -0.357 e. The van der Waals surface area contributed by atoms with Crippen molar-refractivity contribution in [2.24, 2.45) is 0 Å². The van der Waals surface area contributed by atoms with E-state index < -0.39 is 0 Å². The van der Waals surface area contributed by atoms with Gasteiger partial charge in [0.25, 0.3) is 0 Å². The summed E-state index contributed by atoms with van der Waals surface area (Å²) in [6, 6.07) is 11.6. The molecule has 0 fully saturated rings. The van der Waals surface area contributed by atoms with E-state index in [1.807, 2.05) is 25.1 Å². The highest BCUT2D eigenvalue weighted by atomic mass is 79.9. The summed E-state index contributed by atoms with van der Waals surface area (Å²) >= 11 is 3.54. The zero-order chi connectivity index (χ0) is 17.2. The number of ketones is 1. The molecule has 118 valence electrons. The van der Waals surface area contributed by atoms with Gasteiger partial charge in [0.05, 0.1) is 17.2 Å². The highest BCUT2D eigenvalue weighted by Gasteiger charge is 2.39. The maximum Gasteiger partial charge on any atom is 0.195 e. The van der Waals surface area contributed by atoms with Gasteiger partial charge in [0.2, 0.25) is 0 Å². The highest BCUT2D eigenvalue weighted by Crippen LogP contribution is 2.44. The molecule has 0 saturated carbocycles. The van der Waals surface area contributed by atoms with E-state index in [1.165, 1.54) is 0 Å². The van der Waals surface area contributed by atoms with Crippen LogP contribution in [0, 0.1) is 18.3 Å². The van der Waals surface area contributed by atoms with E-state index in [0.29, 0.717) is 5.56 Å². The minimum atomic E-state index is -0.310. The van der Waals surface area contributed by atoms with E-state index in [0.717, 1.165) is 43.3 Å². The first-order valence-electron chi connectivity index (χ1n) is 7.76. The van der Waals surface area contributed by atoms with E-state index in [-0.39, 0.29) is 11.2 Å². The maximum atomic E-state index is 13.2. The van der Waals surface area contributed by atoms with Gasteiger partial charge in [-0.2, -0.15) is 5.26 Å². The lowest BCUT2D eigenvalue weighted by Crippen LogP contribution is -2.30. The second-order valence-electron chi connectivity index (χ2n) is 6.85. The number of fused-ring (bicyclic) bond motifs is 4. The van der Waals surface area contributed by atoms with Crippen LogP contribution in [0.5, 0.6) is 0 Å². The van der Waals surface area contributed by atoms with Crippen LogP contribution in [0.2, 0.25) is 0 Å². The predicted octanol–water partition coefficient (Wildman–Crippen LogP) is 4.98. The number of aromatic nitrogens is 1. The van der Waals surface area contributed by atoms with E-state index in [1.54, 1.807) is 6.07 Å². The quantitative estimate of drug-likeness (QED) is 0.599. The molecule has 3 nitrogen and oxygen atoms in total. The summed E-state index contributed by atoms with van der Waals surface area (Å²) in [4.78, 5) is 16.6. The molecule has 1 aromatic heterocycles. The van der Waals surface area contributed by atoms with Crippen molar-refractivity contribution in [1.29, 1.82) is 5.26 Å². The van der Waals surface area contributed by atoms with Crippen molar-refractivity contribution in [3.05, 3.63) is 68.3 Å². The summed E-state index contributed by atoms with van der Waals surface area (Å²) in [5.41, 5.74) is 5.65. The topological polar surface area (TPSA) is 56.6 Å². The van der Waals surface area contributed by atoms with Gasteiger partial charge in [0.15, 0.2) is 5.78 Å². The lowest BCUT2D eigenvalue weighted by atomic mass is 9.71. The van der Waals surface area contributed by atoms with E-state index in [9.17, 15) is 4.79 Å². The van der Waals surface area contributed by atoms with Crippen LogP contribution >= 0.6 is 15.9 Å². The molecule has 4 rings (SSSR count). The van der Waals surface area contributed by atoms with Crippen molar-refractivity contribution < 1.29 is 4.79 Å². The monoisotopic (exact) mass is 378 g/mol. The number of aromatic amines is 1. The third kappa shape index (κ3) is 1.85. The molecule has 1 aliphatic carbocycles. The van der Waals surface area contributed by atoms with E-state index >= 15 is 0 Å². The number of hydrogen-bond donors (Lipinski definition) is 1. The first-order chi connectivity index (χ1) is 11.3. The number of halogens is 1. The molecule has 0 aliphatic heterocycles. The Morgan fingerprint density at radius 3 is 2.67 bits per heavy atom. The molecule has 24 heavy (non-hydrogen) atoms. The van der Waals surface area contributed by atoms with Gasteiger partial charge in [-0.15, -0.1) is 0 Å². The average molecular weight is 379 g/mol. The molecule has 0 bridgehead atoms. The van der Waals surface area contributed by atoms with E-state index in [4.69, 9.17) is 5.26 Å². The van der Waals surface area contributed by atoms with Crippen LogP contribution in [-0.2, 0) is 5.41 Å². The van der Waals surface area contributed by atoms with Crippen LogP contribution in [0.4, 0.5) is 0 Å². The summed E-state index contributed by atoms with van der Waals surface area (Å²) in [6.45, 7) is 6.29. The Hall–Kier alpha value is -2.38. The standard InChI is InChI=1S/C20H15BrN2O/c1-10-6-14-13(8-15(10)21)18(24)17-12-5-4-11(9-22)7-16(12)23-19(17)20(14,2)3/h4-8,23H,1-3H3. The zero-order valence-corrected chi connectivity index (χ0v) is 15.2. The SMILES string of the molecule is Cc1cc2c(cc1Br)C(=O)c1c([nH]c3cc(C#N)ccc13)C2(C)C. The third-order valence-electron chi connectivity index (χ3n) is 5.00. The van der Waals surface area contributed by atoms with Crippen molar-refractivity contribution in [3.63, 3.8) is 0 Å². The van der Waals surface area contributed by atoms with Crippen molar-refractivity contribution >= 4 is 32.6 Å². The summed E-state index contributed by atoms with van der Waals surface area (Å²) < 4.78 is 0.945. The van der Waals surface area contributed by atoms with Crippen LogP contribution in [0.15, 0.2) is 34.8 Å². The van der Waals surface area contributed by atoms with E-state index in [2.05, 4.69) is 46.9 Å². The van der Waals surface area contributed by atoms with Crippen LogP contribution in [0.3, 0.4) is 0 Å². The molecular formula is C20H15BrN2O. The van der Waals surface area contributed by atoms with Gasteiger partial charge < -0.3 is 4.98 Å². The fraction of sp³-hybridized carbons (Fsp3) is 0.200. The van der Waals surface area contributed by atoms with Crippen molar-refractivity contribution in [2.45, 2.75) is 26.2 Å². The molecule has 0 radical (unpaired) electrons. The normalized spacial score (nSPS) is 15.0. The largest absolute Gasteiger partial charge is 0.357 e. The number of benzene rings is 2. The van der Waals surface area contributed by atoms with Crippen LogP contribution in [0.1, 0.15) is 52.2 Å². The molecular weight excluding hydrogens is 364 g/mol. The summed E-state index contributed by atoms with van der Waals surface area (Å²) in [5, 5.41) is 10.0. The lowest BCUT2D eigenvalue weighted by molar-refractivity contribution is 0.103. The number of carbonyl (C=O) groups excluding carboxylic acids is 1. The number of carbonyl (C=O) groups is 1. The Balaban J connectivity index is 2.10. The average Bonchev–Trinajstić information content (AvgIpc) is 2.94. The molecule has 0 unspecified atom stereocenters. The van der Waals surface area contributed by atoms with Gasteiger partial charge in [-0.1, -0.05) is 41.9 Å². The maximum absolute atomic E-state index is 13.2. The minimum absolute atomic E-state index is 0.0379. The molecule has 1 N–H and O–H groups in total. The van der Waals surface area contributed by atoms with Crippen molar-refractivity contribution in [2.75, 3.05) is 0 Å². The third-order valence-corrected chi connectivity index (χ3v) is 5.85. The molecule has 4 heteroatoms. The summed E-state index contributed by atoms with van der Waals surface area (Å²) in [7, 11) is 0. The molecule has 1 heterocycles. The molecule has 0 amide bonds. The van der Waals surface area contributed by atoms with Gasteiger partial charge in [0.1, 0.15) is 0 Å². The summed E-state index contributed by atoms with van der Waals surface area (Å²) in [5.74, 6) is 0.0379. The Bertz CT molecular complexity index is 1080. The van der Waals surface area contributed by atoms with Gasteiger partial charge in [-0.25, -0.2) is 0 Å². The fourth-order valence-corrected chi connectivity index (χ4v) is 3.97. The number of hydrogen-bond acceptors (Lipinski definition) is 2. The molecule has 0 saturated heterocycles. The first kappa shape index (κ1) is 15.2. The number of nitrogens with zero attached hydrogens (tertiary/aromatic N) is 1. The highest BCUT2D eigenvalue weighted by molar-refractivity contribution is 9.10. The number of nitriles is 1. The van der Waals surface area contributed by atoms with Crippen LogP contribution in [0.25, 0.3) is 10.9 Å². The number of aryl methyl sites for hydroxylation is 1. The Morgan fingerprint density at radius 1 is 1.21 bits per heavy atom. The molecule has 2 aromatic carbocycles. The Labute approximate surface area is 148 Å². The first-order valence-corrected chi connectivity index (χ1v) is 8.55. The zero-order valence-electron chi connectivity index (χ0n) is 13.6. The summed E-state index contributed by atoms with van der Waals surface area (Å²) in [6.07, 6.45) is 0. The number of nitrogens with one attached hydrogen (secondary N) is 1. The lowest BCUT2D eigenvalue weighted by Gasteiger charge is -2.32. The second kappa shape index (κ2) is 4.81. The molecule has 1 aliphatic rings. The molecule has 3 aromatic rings. The number of H-pyrrole nitrogens is 1. The molecule has 0 spiro atoms.